The van der Waals surface area contributed by atoms with Crippen molar-refractivity contribution in [3.63, 3.8) is 0 Å². The molecule has 0 saturated carbocycles. The number of hydrogen-bond donors (Lipinski definition) is 1. The van der Waals surface area contributed by atoms with Crippen LogP contribution in [0, 0.1) is 0 Å². The van der Waals surface area contributed by atoms with Gasteiger partial charge in [0, 0.05) is 23.2 Å². The molecule has 2 aromatic carbocycles. The summed E-state index contributed by atoms with van der Waals surface area (Å²) in [6.07, 6.45) is 0. The summed E-state index contributed by atoms with van der Waals surface area (Å²) in [4.78, 5) is 12.2. The zero-order valence-electron chi connectivity index (χ0n) is 14.8. The number of hydrogen-bond acceptors (Lipinski definition) is 4. The second kappa shape index (κ2) is 8.66. The van der Waals surface area contributed by atoms with E-state index in [0.29, 0.717) is 11.4 Å². The molecule has 2 rings (SSSR count). The SMILES string of the molecule is CC(C)N(C)S(=O)(=O)c1ccc(NC(=O)COc2cccc(Br)c2)cc1. The summed E-state index contributed by atoms with van der Waals surface area (Å²) >= 11 is 3.33. The minimum atomic E-state index is -3.54. The third-order valence-corrected chi connectivity index (χ3v) is 6.25. The van der Waals surface area contributed by atoms with Crippen LogP contribution in [0.4, 0.5) is 5.69 Å². The molecule has 0 atom stereocenters. The van der Waals surface area contributed by atoms with Crippen LogP contribution in [0.15, 0.2) is 57.9 Å². The molecule has 6 nitrogen and oxygen atoms in total. The van der Waals surface area contributed by atoms with E-state index in [4.69, 9.17) is 4.74 Å². The maximum atomic E-state index is 12.4. The predicted octanol–water partition coefficient (Wildman–Crippen LogP) is 3.50. The Kier molecular flexibility index (Phi) is 6.80. The van der Waals surface area contributed by atoms with Gasteiger partial charge in [0.1, 0.15) is 5.75 Å². The van der Waals surface area contributed by atoms with Gasteiger partial charge in [-0.1, -0.05) is 22.0 Å². The smallest absolute Gasteiger partial charge is 0.262 e. The van der Waals surface area contributed by atoms with Gasteiger partial charge in [0.25, 0.3) is 5.91 Å². The van der Waals surface area contributed by atoms with E-state index in [9.17, 15) is 13.2 Å². The van der Waals surface area contributed by atoms with Crippen molar-refractivity contribution in [2.75, 3.05) is 19.0 Å². The number of ether oxygens (including phenoxy) is 1. The molecule has 0 aliphatic rings. The van der Waals surface area contributed by atoms with Gasteiger partial charge in [-0.3, -0.25) is 4.79 Å². The number of anilines is 1. The first kappa shape index (κ1) is 20.4. The lowest BCUT2D eigenvalue weighted by Gasteiger charge is -2.21. The summed E-state index contributed by atoms with van der Waals surface area (Å²) in [5.74, 6) is 0.243. The van der Waals surface area contributed by atoms with Gasteiger partial charge in [-0.05, 0) is 56.3 Å². The Balaban J connectivity index is 1.97. The Hall–Kier alpha value is -1.90. The van der Waals surface area contributed by atoms with Gasteiger partial charge in [-0.15, -0.1) is 0 Å². The van der Waals surface area contributed by atoms with Crippen molar-refractivity contribution in [1.29, 1.82) is 0 Å². The summed E-state index contributed by atoms with van der Waals surface area (Å²) < 4.78 is 32.4. The molecule has 8 heteroatoms. The molecule has 0 unspecified atom stereocenters. The van der Waals surface area contributed by atoms with Gasteiger partial charge < -0.3 is 10.1 Å². The molecule has 0 bridgehead atoms. The number of nitrogens with zero attached hydrogens (tertiary/aromatic N) is 1. The lowest BCUT2D eigenvalue weighted by molar-refractivity contribution is -0.118. The highest BCUT2D eigenvalue weighted by atomic mass is 79.9. The first-order valence-corrected chi connectivity index (χ1v) is 10.2. The molecule has 0 aromatic heterocycles. The molecule has 0 spiro atoms. The lowest BCUT2D eigenvalue weighted by atomic mass is 10.3. The van der Waals surface area contributed by atoms with Gasteiger partial charge in [0.15, 0.2) is 6.61 Å². The number of halogens is 1. The third kappa shape index (κ3) is 5.30. The summed E-state index contributed by atoms with van der Waals surface area (Å²) in [5.41, 5.74) is 0.499. The number of sulfonamides is 1. The normalized spacial score (nSPS) is 11.6. The number of carbonyl (C=O) groups is 1. The van der Waals surface area contributed by atoms with Crippen LogP contribution in [-0.4, -0.2) is 38.3 Å². The Morgan fingerprint density at radius 2 is 1.85 bits per heavy atom. The predicted molar refractivity (Wildman–Crippen MR) is 105 cm³/mol. The van der Waals surface area contributed by atoms with Crippen LogP contribution in [0.25, 0.3) is 0 Å². The first-order valence-electron chi connectivity index (χ1n) is 7.96. The molecular formula is C18H21BrN2O4S. The molecule has 1 N–H and O–H groups in total. The quantitative estimate of drug-likeness (QED) is 0.714. The van der Waals surface area contributed by atoms with Crippen molar-refractivity contribution in [1.82, 2.24) is 4.31 Å². The fraction of sp³-hybridized carbons (Fsp3) is 0.278. The average molecular weight is 441 g/mol. The van der Waals surface area contributed by atoms with E-state index in [1.807, 2.05) is 12.1 Å². The van der Waals surface area contributed by atoms with E-state index in [2.05, 4.69) is 21.2 Å². The maximum Gasteiger partial charge on any atom is 0.262 e. The third-order valence-electron chi connectivity index (χ3n) is 3.71. The number of amides is 1. The van der Waals surface area contributed by atoms with Crippen molar-refractivity contribution in [3.05, 3.63) is 53.0 Å². The van der Waals surface area contributed by atoms with Crippen LogP contribution in [0.5, 0.6) is 5.75 Å². The van der Waals surface area contributed by atoms with Crippen molar-refractivity contribution in [3.8, 4) is 5.75 Å². The van der Waals surface area contributed by atoms with Crippen molar-refractivity contribution in [2.24, 2.45) is 0 Å². The largest absolute Gasteiger partial charge is 0.484 e. The topological polar surface area (TPSA) is 75.7 Å². The van der Waals surface area contributed by atoms with E-state index < -0.39 is 10.0 Å². The molecule has 2 aromatic rings. The first-order chi connectivity index (χ1) is 12.2. The zero-order chi connectivity index (χ0) is 19.3. The molecule has 0 heterocycles. The second-order valence-electron chi connectivity index (χ2n) is 5.93. The van der Waals surface area contributed by atoms with Gasteiger partial charge in [0.05, 0.1) is 4.90 Å². The van der Waals surface area contributed by atoms with Crippen LogP contribution in [-0.2, 0) is 14.8 Å². The van der Waals surface area contributed by atoms with E-state index >= 15 is 0 Å². The minimum absolute atomic E-state index is 0.144. The standard InChI is InChI=1S/C18H21BrN2O4S/c1-13(2)21(3)26(23,24)17-9-7-15(8-10-17)20-18(22)12-25-16-6-4-5-14(19)11-16/h4-11,13H,12H2,1-3H3,(H,20,22). The number of nitrogens with one attached hydrogen (secondary N) is 1. The van der Waals surface area contributed by atoms with Crippen molar-refractivity contribution < 1.29 is 17.9 Å². The molecule has 140 valence electrons. The number of benzene rings is 2. The van der Waals surface area contributed by atoms with E-state index in [1.54, 1.807) is 38.1 Å². The second-order valence-corrected chi connectivity index (χ2v) is 8.85. The Labute approximate surface area is 162 Å². The lowest BCUT2D eigenvalue weighted by Crippen LogP contribution is -2.33. The number of carbonyl (C=O) groups excluding carboxylic acids is 1. The summed E-state index contributed by atoms with van der Waals surface area (Å²) in [6, 6.07) is 13.1. The van der Waals surface area contributed by atoms with E-state index in [0.717, 1.165) is 4.47 Å². The Bertz CT molecular complexity index is 867. The van der Waals surface area contributed by atoms with Crippen LogP contribution in [0.3, 0.4) is 0 Å². The van der Waals surface area contributed by atoms with Gasteiger partial charge >= 0.3 is 0 Å². The van der Waals surface area contributed by atoms with Crippen LogP contribution < -0.4 is 10.1 Å². The summed E-state index contributed by atoms with van der Waals surface area (Å²) in [6.45, 7) is 3.46. The fourth-order valence-electron chi connectivity index (χ4n) is 2.06. The number of rotatable bonds is 7. The van der Waals surface area contributed by atoms with Crippen LogP contribution >= 0.6 is 15.9 Å². The fourth-order valence-corrected chi connectivity index (χ4v) is 3.80. The summed E-state index contributed by atoms with van der Waals surface area (Å²) in [5, 5.41) is 2.67. The molecule has 26 heavy (non-hydrogen) atoms. The van der Waals surface area contributed by atoms with Gasteiger partial charge in [-0.25, -0.2) is 8.42 Å². The maximum absolute atomic E-state index is 12.4. The molecule has 0 fully saturated rings. The highest BCUT2D eigenvalue weighted by Gasteiger charge is 2.22. The molecule has 0 radical (unpaired) electrons. The Morgan fingerprint density at radius 1 is 1.19 bits per heavy atom. The van der Waals surface area contributed by atoms with Gasteiger partial charge in [-0.2, -0.15) is 4.31 Å². The van der Waals surface area contributed by atoms with Gasteiger partial charge in [0.2, 0.25) is 10.0 Å². The van der Waals surface area contributed by atoms with Crippen LogP contribution in [0.1, 0.15) is 13.8 Å². The van der Waals surface area contributed by atoms with Crippen molar-refractivity contribution in [2.45, 2.75) is 24.8 Å². The van der Waals surface area contributed by atoms with E-state index in [-0.39, 0.29) is 23.5 Å². The molecule has 0 aliphatic heterocycles. The highest BCUT2D eigenvalue weighted by molar-refractivity contribution is 9.10. The molecule has 0 saturated heterocycles. The summed E-state index contributed by atoms with van der Waals surface area (Å²) in [7, 11) is -2.01. The average Bonchev–Trinajstić information content (AvgIpc) is 2.59. The minimum Gasteiger partial charge on any atom is -0.484 e. The zero-order valence-corrected chi connectivity index (χ0v) is 17.2. The molecule has 0 aliphatic carbocycles. The van der Waals surface area contributed by atoms with E-state index in [1.165, 1.54) is 23.5 Å². The van der Waals surface area contributed by atoms with Crippen molar-refractivity contribution >= 4 is 37.5 Å². The molecule has 1 amide bonds. The monoisotopic (exact) mass is 440 g/mol. The molecular weight excluding hydrogens is 420 g/mol. The van der Waals surface area contributed by atoms with Crippen LogP contribution in [0.2, 0.25) is 0 Å². The Morgan fingerprint density at radius 3 is 2.42 bits per heavy atom. The highest BCUT2D eigenvalue weighted by Crippen LogP contribution is 2.20.